The lowest BCUT2D eigenvalue weighted by molar-refractivity contribution is -0.141. The Bertz CT molecular complexity index is 3300. The van der Waals surface area contributed by atoms with Crippen LogP contribution in [0.5, 0.6) is 23.0 Å². The van der Waals surface area contributed by atoms with Gasteiger partial charge in [0, 0.05) is 25.7 Å². The Morgan fingerprint density at radius 1 is 0.206 bits per heavy atom. The number of rotatable bonds is 88. The summed E-state index contributed by atoms with van der Waals surface area (Å²) < 4.78 is 53.8. The Kier molecular flexibility index (Phi) is 69.6. The minimum atomic E-state index is -0.738. The molecule has 16 heteroatoms. The van der Waals surface area contributed by atoms with E-state index in [2.05, 4.69) is 54.0 Å². The number of ether oxygens (including phenoxy) is 8. The van der Waals surface area contributed by atoms with E-state index in [1.807, 2.05) is 48.5 Å². The van der Waals surface area contributed by atoms with Gasteiger partial charge in [-0.1, -0.05) is 439 Å². The average molecular weight is 1890 g/mol. The molecule has 0 spiro atoms. The molecule has 0 heterocycles. The molecule has 0 unspecified atom stereocenters. The summed E-state index contributed by atoms with van der Waals surface area (Å²) in [6.07, 6.45) is 79.3. The van der Waals surface area contributed by atoms with Crippen molar-refractivity contribution in [2.45, 2.75) is 491 Å². The third-order valence-electron chi connectivity index (χ3n) is 27.1. The summed E-state index contributed by atoms with van der Waals surface area (Å²) in [5.74, 6) is -0.436. The lowest BCUT2D eigenvalue weighted by atomic mass is 9.88. The maximum absolute atomic E-state index is 13.7. The van der Waals surface area contributed by atoms with Crippen LogP contribution < -0.4 is 18.9 Å². The van der Waals surface area contributed by atoms with Crippen LogP contribution in [0.4, 0.5) is 0 Å². The molecule has 0 fully saturated rings. The Hall–Kier alpha value is -7.24. The highest BCUT2D eigenvalue weighted by molar-refractivity contribution is 5.89. The average Bonchev–Trinajstić information content (AvgIpc) is 0.769. The number of hydrogen-bond acceptors (Lipinski definition) is 16. The number of benzene rings is 4. The highest BCUT2D eigenvalue weighted by Gasteiger charge is 2.28. The van der Waals surface area contributed by atoms with Crippen LogP contribution in [0.1, 0.15) is 505 Å². The van der Waals surface area contributed by atoms with E-state index in [0.717, 1.165) is 147 Å². The molecule has 768 valence electrons. The summed E-state index contributed by atoms with van der Waals surface area (Å²) in [7, 11) is 0. The fourth-order valence-corrected chi connectivity index (χ4v) is 18.8. The van der Waals surface area contributed by atoms with Gasteiger partial charge in [-0.2, -0.15) is 0 Å². The second-order valence-electron chi connectivity index (χ2n) is 39.6. The Labute approximate surface area is 827 Å². The van der Waals surface area contributed by atoms with Crippen LogP contribution in [0.15, 0.2) is 97.1 Å². The molecule has 4 aromatic carbocycles. The van der Waals surface area contributed by atoms with Crippen molar-refractivity contribution in [1.82, 2.24) is 0 Å². The quantitative estimate of drug-likeness (QED) is 0.0123. The molecule has 0 atom stereocenters. The largest absolute Gasteiger partial charge is 0.493 e. The van der Waals surface area contributed by atoms with Crippen LogP contribution in [-0.4, -0.2) is 97.2 Å². The molecular formula is C120H192O16. The zero-order valence-corrected chi connectivity index (χ0v) is 86.7. The summed E-state index contributed by atoms with van der Waals surface area (Å²) in [5.41, 5.74) is 8.31. The molecule has 16 nitrogen and oxygen atoms in total. The van der Waals surface area contributed by atoms with Crippen LogP contribution >= 0.6 is 0 Å². The number of aliphatic hydroxyl groups is 4. The first-order valence-corrected chi connectivity index (χ1v) is 55.5. The topological polar surface area (TPSA) is 223 Å². The van der Waals surface area contributed by atoms with Crippen LogP contribution in [0.25, 0.3) is 0 Å². The minimum absolute atomic E-state index is 0.0857. The van der Waals surface area contributed by atoms with Gasteiger partial charge in [0.05, 0.1) is 75.1 Å². The monoisotopic (exact) mass is 1890 g/mol. The lowest BCUT2D eigenvalue weighted by Crippen LogP contribution is -2.14. The van der Waals surface area contributed by atoms with Crippen LogP contribution in [0.2, 0.25) is 0 Å². The molecule has 0 amide bonds. The van der Waals surface area contributed by atoms with Gasteiger partial charge in [0.1, 0.15) is 49.4 Å². The van der Waals surface area contributed by atoms with Crippen molar-refractivity contribution in [3.63, 3.8) is 0 Å². The number of unbranched alkanes of at least 4 members (excludes halogenated alkanes) is 60. The molecule has 4 N–H and O–H groups in total. The van der Waals surface area contributed by atoms with Crippen molar-refractivity contribution in [2.75, 3.05) is 52.9 Å². The molecule has 0 aliphatic heterocycles. The van der Waals surface area contributed by atoms with E-state index >= 15 is 0 Å². The van der Waals surface area contributed by atoms with E-state index in [9.17, 15) is 39.6 Å². The van der Waals surface area contributed by atoms with Gasteiger partial charge in [-0.05, 0) is 141 Å². The Balaban J connectivity index is 1.74. The summed E-state index contributed by atoms with van der Waals surface area (Å²) in [4.78, 5) is 55.0. The molecular weight excluding hydrogens is 1700 g/mol. The predicted octanol–water partition coefficient (Wildman–Crippen LogP) is 31.3. The first kappa shape index (κ1) is 119. The molecule has 0 saturated carbocycles. The van der Waals surface area contributed by atoms with E-state index in [1.54, 1.807) is 0 Å². The van der Waals surface area contributed by atoms with Gasteiger partial charge >= 0.3 is 23.9 Å². The fraction of sp³-hybridized carbons (Fsp3) is 0.700. The number of aliphatic hydroxyl groups excluding tert-OH is 4. The lowest BCUT2D eigenvalue weighted by Gasteiger charge is -2.25. The second-order valence-corrected chi connectivity index (χ2v) is 39.6. The smallest absolute Gasteiger partial charge is 0.336 e. The fourth-order valence-electron chi connectivity index (χ4n) is 18.8. The summed E-state index contributed by atoms with van der Waals surface area (Å²) >= 11 is 0. The van der Waals surface area contributed by atoms with Crippen molar-refractivity contribution >= 4 is 23.9 Å². The standard InChI is InChI=1S/C120H192O16/c1-9-13-17-21-25-29-33-37-41-45-49-53-57-61-65-69-73-129-113-105-77-101(93-133-117(125)97(5)89-121)78-106(113)86-108-80-103(95-135-119(127)99(7)91-123)82-110(115(108)131-75-71-67-63-59-55-51-47-43-39-35-31-27-23-19-15-11-3)88-112-84-104(96-136-120(128)100(8)92-124)83-111(116(112)132-76-72-68-64-60-56-52-48-44-40-36-32-28-24-20-16-12-4)87-109-81-102(94-134-118(126)98(6)90-122)79-107(85-105)114(109)130-74-70-66-62-58-54-50-46-42-38-34-30-26-22-18-14-10-2/h77-84,121-124H,5-76,85-96H2,1-4H3. The van der Waals surface area contributed by atoms with Crippen molar-refractivity contribution < 1.29 is 77.5 Å². The van der Waals surface area contributed by atoms with Gasteiger partial charge < -0.3 is 58.3 Å². The Morgan fingerprint density at radius 3 is 0.441 bits per heavy atom. The predicted molar refractivity (Wildman–Crippen MR) is 561 cm³/mol. The van der Waals surface area contributed by atoms with Gasteiger partial charge in [-0.25, -0.2) is 19.2 Å². The number of hydrogen-bond donors (Lipinski definition) is 4. The normalized spacial score (nSPS) is 11.8. The Morgan fingerprint density at radius 2 is 0.324 bits per heavy atom. The van der Waals surface area contributed by atoms with Crippen LogP contribution in [-0.2, 0) is 90.2 Å². The number of carbonyl (C=O) groups excluding carboxylic acids is 4. The number of carbonyl (C=O) groups is 4. The van der Waals surface area contributed by atoms with Crippen LogP contribution in [0, 0.1) is 0 Å². The highest BCUT2D eigenvalue weighted by Crippen LogP contribution is 2.43. The van der Waals surface area contributed by atoms with E-state index < -0.39 is 50.3 Å². The number of fused-ring (bicyclic) bond motifs is 8. The first-order chi connectivity index (χ1) is 66.6. The van der Waals surface area contributed by atoms with E-state index in [0.29, 0.717) is 71.7 Å². The van der Waals surface area contributed by atoms with Crippen molar-refractivity contribution in [1.29, 1.82) is 0 Å². The van der Waals surface area contributed by atoms with Gasteiger partial charge in [0.25, 0.3) is 0 Å². The molecule has 4 aromatic rings. The summed E-state index contributed by atoms with van der Waals surface area (Å²) in [5, 5.41) is 40.9. The highest BCUT2D eigenvalue weighted by atomic mass is 16.5. The third-order valence-corrected chi connectivity index (χ3v) is 27.1. The molecule has 5 rings (SSSR count). The first-order valence-electron chi connectivity index (χ1n) is 55.5. The number of esters is 4. The molecule has 1 aliphatic carbocycles. The van der Waals surface area contributed by atoms with Gasteiger partial charge in [-0.15, -0.1) is 0 Å². The summed E-state index contributed by atoms with van der Waals surface area (Å²) in [6, 6.07) is 16.2. The van der Waals surface area contributed by atoms with E-state index in [4.69, 9.17) is 37.9 Å². The molecule has 8 bridgehead atoms. The summed E-state index contributed by atoms with van der Waals surface area (Å²) in [6.45, 7) is 22.9. The maximum atomic E-state index is 13.7. The van der Waals surface area contributed by atoms with Gasteiger partial charge in [0.15, 0.2) is 0 Å². The molecule has 1 aliphatic rings. The van der Waals surface area contributed by atoms with Gasteiger partial charge in [0.2, 0.25) is 0 Å². The molecule has 0 saturated heterocycles. The van der Waals surface area contributed by atoms with E-state index in [1.165, 1.54) is 308 Å². The van der Waals surface area contributed by atoms with Crippen molar-refractivity contribution in [3.05, 3.63) is 164 Å². The minimum Gasteiger partial charge on any atom is -0.493 e. The van der Waals surface area contributed by atoms with Crippen molar-refractivity contribution in [3.8, 4) is 23.0 Å². The third kappa shape index (κ3) is 54.0. The molecule has 136 heavy (non-hydrogen) atoms. The molecule has 0 radical (unpaired) electrons. The van der Waals surface area contributed by atoms with E-state index in [-0.39, 0.29) is 74.4 Å². The SMILES string of the molecule is C=C(CO)C(=O)OCc1cc2c(OCCCCCCCCCCCCCCCCCC)c(c1)Cc1cc(COC(=O)C(=C)CO)cc(c1OCCCCCCCCCCCCCCCCCC)Cc1cc(COC(=O)C(=C)CO)cc(c1OCCCCCCCCCCCCCCCCCC)Cc1cc(COC(=O)C(=C)CO)cc(c1OCCCCCCCCCCCCCCCCCC)C2. The zero-order chi connectivity index (χ0) is 97.7. The maximum Gasteiger partial charge on any atom is 0.336 e. The second kappa shape index (κ2) is 79.4. The zero-order valence-electron chi connectivity index (χ0n) is 86.7. The van der Waals surface area contributed by atoms with Gasteiger partial charge in [-0.3, -0.25) is 0 Å². The van der Waals surface area contributed by atoms with Crippen LogP contribution in [0.3, 0.4) is 0 Å². The van der Waals surface area contributed by atoms with Crippen molar-refractivity contribution in [2.24, 2.45) is 0 Å². The molecule has 0 aromatic heterocycles.